The normalized spacial score (nSPS) is 19.1. The highest BCUT2D eigenvalue weighted by atomic mass is 16.4. The Kier molecular flexibility index (Phi) is 3.82. The van der Waals surface area contributed by atoms with Gasteiger partial charge in [-0.25, -0.2) is 0 Å². The lowest BCUT2D eigenvalue weighted by molar-refractivity contribution is -0.151. The fourth-order valence-electron chi connectivity index (χ4n) is 1.72. The maximum Gasteiger partial charge on any atom is 0.303 e. The average molecular weight is 213 g/mol. The third-order valence-electron chi connectivity index (χ3n) is 2.54. The molecule has 1 rings (SSSR count). The van der Waals surface area contributed by atoms with E-state index in [2.05, 4.69) is 0 Å². The van der Waals surface area contributed by atoms with Crippen LogP contribution in [0.15, 0.2) is 0 Å². The van der Waals surface area contributed by atoms with Gasteiger partial charge in [0.2, 0.25) is 11.8 Å². The first-order valence-corrected chi connectivity index (χ1v) is 5.09. The number of rotatable bonds is 4. The van der Waals surface area contributed by atoms with E-state index in [0.717, 1.165) is 0 Å². The van der Waals surface area contributed by atoms with Gasteiger partial charge in [-0.3, -0.25) is 19.3 Å². The summed E-state index contributed by atoms with van der Waals surface area (Å²) in [5.74, 6) is -1.26. The van der Waals surface area contributed by atoms with Gasteiger partial charge in [0.1, 0.15) is 0 Å². The number of carbonyl (C=O) groups excluding carboxylic acids is 2. The van der Waals surface area contributed by atoms with Gasteiger partial charge in [0, 0.05) is 25.3 Å². The van der Waals surface area contributed by atoms with Gasteiger partial charge in [-0.15, -0.1) is 0 Å². The molecule has 0 aromatic heterocycles. The Morgan fingerprint density at radius 1 is 1.40 bits per heavy atom. The minimum absolute atomic E-state index is 0.0156. The van der Waals surface area contributed by atoms with Crippen LogP contribution in [0.3, 0.4) is 0 Å². The Balaban J connectivity index is 2.55. The lowest BCUT2D eigenvalue weighted by Crippen LogP contribution is -2.45. The van der Waals surface area contributed by atoms with Crippen molar-refractivity contribution in [3.63, 3.8) is 0 Å². The van der Waals surface area contributed by atoms with Gasteiger partial charge in [-0.2, -0.15) is 0 Å². The van der Waals surface area contributed by atoms with Crippen molar-refractivity contribution in [3.8, 4) is 0 Å². The molecule has 5 nitrogen and oxygen atoms in total. The zero-order chi connectivity index (χ0) is 11.4. The number of piperidine rings is 1. The number of likely N-dealkylation sites (tertiary alicyclic amines) is 1. The van der Waals surface area contributed by atoms with Crippen LogP contribution in [-0.2, 0) is 14.4 Å². The van der Waals surface area contributed by atoms with Crippen LogP contribution in [0, 0.1) is 0 Å². The second-order valence-electron chi connectivity index (χ2n) is 3.79. The van der Waals surface area contributed by atoms with Gasteiger partial charge < -0.3 is 5.11 Å². The zero-order valence-electron chi connectivity index (χ0n) is 8.73. The minimum Gasteiger partial charge on any atom is -0.481 e. The van der Waals surface area contributed by atoms with E-state index in [-0.39, 0.29) is 24.3 Å². The van der Waals surface area contributed by atoms with Crippen molar-refractivity contribution >= 4 is 17.8 Å². The van der Waals surface area contributed by atoms with E-state index in [1.54, 1.807) is 6.92 Å². The summed E-state index contributed by atoms with van der Waals surface area (Å²) in [6.07, 6.45) is 1.71. The van der Waals surface area contributed by atoms with E-state index in [1.807, 2.05) is 0 Å². The highest BCUT2D eigenvalue weighted by Gasteiger charge is 2.29. The van der Waals surface area contributed by atoms with Crippen molar-refractivity contribution < 1.29 is 19.5 Å². The van der Waals surface area contributed by atoms with Crippen LogP contribution in [0.4, 0.5) is 0 Å². The van der Waals surface area contributed by atoms with E-state index < -0.39 is 5.97 Å². The Hall–Kier alpha value is -1.39. The summed E-state index contributed by atoms with van der Waals surface area (Å²) >= 11 is 0. The molecule has 0 saturated carbocycles. The number of imide groups is 1. The Bertz CT molecular complexity index is 271. The molecule has 0 aromatic rings. The van der Waals surface area contributed by atoms with Gasteiger partial charge in [0.15, 0.2) is 0 Å². The molecule has 1 N–H and O–H groups in total. The summed E-state index contributed by atoms with van der Waals surface area (Å²) in [6, 6.07) is -0.304. The van der Waals surface area contributed by atoms with Crippen LogP contribution in [0.25, 0.3) is 0 Å². The minimum atomic E-state index is -0.904. The largest absolute Gasteiger partial charge is 0.481 e. The predicted molar refractivity (Wildman–Crippen MR) is 52.0 cm³/mol. The fraction of sp³-hybridized carbons (Fsp3) is 0.700. The molecule has 0 aromatic carbocycles. The molecular weight excluding hydrogens is 198 g/mol. The Morgan fingerprint density at radius 2 is 1.93 bits per heavy atom. The molecule has 1 saturated heterocycles. The standard InChI is InChI=1S/C10H15NO4/c1-7(5-6-10(14)15)11-8(12)3-2-4-9(11)13/h7H,2-6H2,1H3,(H,14,15). The number of carboxylic acid groups (broad SMARTS) is 1. The quantitative estimate of drug-likeness (QED) is 0.700. The van der Waals surface area contributed by atoms with Crippen LogP contribution in [0.2, 0.25) is 0 Å². The molecule has 1 fully saturated rings. The SMILES string of the molecule is CC(CCC(=O)O)N1C(=O)CCCC1=O. The van der Waals surface area contributed by atoms with Crippen molar-refractivity contribution in [2.75, 3.05) is 0 Å². The molecule has 1 unspecified atom stereocenters. The Labute approximate surface area is 88.1 Å². The highest BCUT2D eigenvalue weighted by molar-refractivity contribution is 5.97. The molecule has 1 heterocycles. The Morgan fingerprint density at radius 3 is 2.40 bits per heavy atom. The number of hydrogen-bond acceptors (Lipinski definition) is 3. The third-order valence-corrected chi connectivity index (χ3v) is 2.54. The highest BCUT2D eigenvalue weighted by Crippen LogP contribution is 2.17. The van der Waals surface area contributed by atoms with E-state index in [9.17, 15) is 14.4 Å². The molecule has 0 spiro atoms. The molecule has 84 valence electrons. The summed E-state index contributed by atoms with van der Waals surface area (Å²) in [5.41, 5.74) is 0. The number of amides is 2. The first kappa shape index (κ1) is 11.7. The molecular formula is C10H15NO4. The van der Waals surface area contributed by atoms with Gasteiger partial charge in [-0.1, -0.05) is 0 Å². The monoisotopic (exact) mass is 213 g/mol. The van der Waals surface area contributed by atoms with Crippen LogP contribution in [0.5, 0.6) is 0 Å². The number of hydrogen-bond donors (Lipinski definition) is 1. The van der Waals surface area contributed by atoms with Gasteiger partial charge >= 0.3 is 5.97 Å². The summed E-state index contributed by atoms with van der Waals surface area (Å²) in [6.45, 7) is 1.71. The average Bonchev–Trinajstić information content (AvgIpc) is 2.14. The smallest absolute Gasteiger partial charge is 0.303 e. The molecule has 1 aliphatic heterocycles. The topological polar surface area (TPSA) is 74.7 Å². The molecule has 0 bridgehead atoms. The summed E-state index contributed by atoms with van der Waals surface area (Å²) < 4.78 is 0. The van der Waals surface area contributed by atoms with E-state index >= 15 is 0 Å². The molecule has 15 heavy (non-hydrogen) atoms. The molecule has 0 radical (unpaired) electrons. The van der Waals surface area contributed by atoms with Crippen molar-refractivity contribution in [1.82, 2.24) is 4.90 Å². The van der Waals surface area contributed by atoms with Crippen LogP contribution in [-0.4, -0.2) is 33.8 Å². The van der Waals surface area contributed by atoms with Crippen LogP contribution >= 0.6 is 0 Å². The molecule has 1 aliphatic rings. The molecule has 5 heteroatoms. The van der Waals surface area contributed by atoms with Crippen LogP contribution < -0.4 is 0 Å². The first-order chi connectivity index (χ1) is 7.02. The summed E-state index contributed by atoms with van der Waals surface area (Å²) in [4.78, 5) is 34.5. The summed E-state index contributed by atoms with van der Waals surface area (Å²) in [5, 5.41) is 8.50. The van der Waals surface area contributed by atoms with E-state index in [4.69, 9.17) is 5.11 Å². The van der Waals surface area contributed by atoms with Crippen molar-refractivity contribution in [2.45, 2.75) is 45.1 Å². The number of carboxylic acids is 1. The third kappa shape index (κ3) is 3.04. The predicted octanol–water partition coefficient (Wildman–Crippen LogP) is 0.779. The summed E-state index contributed by atoms with van der Waals surface area (Å²) in [7, 11) is 0. The second kappa shape index (κ2) is 4.91. The maximum absolute atomic E-state index is 11.4. The maximum atomic E-state index is 11.4. The van der Waals surface area contributed by atoms with Gasteiger partial charge in [0.05, 0.1) is 0 Å². The molecule has 2 amide bonds. The van der Waals surface area contributed by atoms with Crippen molar-refractivity contribution in [2.24, 2.45) is 0 Å². The lowest BCUT2D eigenvalue weighted by atomic mass is 10.0. The second-order valence-corrected chi connectivity index (χ2v) is 3.79. The fourth-order valence-corrected chi connectivity index (χ4v) is 1.72. The lowest BCUT2D eigenvalue weighted by Gasteiger charge is -2.30. The van der Waals surface area contributed by atoms with Crippen molar-refractivity contribution in [3.05, 3.63) is 0 Å². The van der Waals surface area contributed by atoms with Gasteiger partial charge in [0.25, 0.3) is 0 Å². The van der Waals surface area contributed by atoms with Crippen molar-refractivity contribution in [1.29, 1.82) is 0 Å². The van der Waals surface area contributed by atoms with E-state index in [0.29, 0.717) is 25.7 Å². The van der Waals surface area contributed by atoms with Crippen LogP contribution in [0.1, 0.15) is 39.0 Å². The zero-order valence-corrected chi connectivity index (χ0v) is 8.73. The molecule has 0 aliphatic carbocycles. The van der Waals surface area contributed by atoms with Gasteiger partial charge in [-0.05, 0) is 19.8 Å². The first-order valence-electron chi connectivity index (χ1n) is 5.09. The number of aliphatic carboxylic acids is 1. The number of nitrogens with zero attached hydrogens (tertiary/aromatic N) is 1. The number of carbonyl (C=O) groups is 3. The molecule has 1 atom stereocenters. The van der Waals surface area contributed by atoms with E-state index in [1.165, 1.54) is 4.90 Å².